The number of hydrogen-bond donors (Lipinski definition) is 2. The molecule has 8 heteroatoms. The van der Waals surface area contributed by atoms with Gasteiger partial charge in [-0.3, -0.25) is 0 Å². The van der Waals surface area contributed by atoms with Crippen molar-refractivity contribution in [2.24, 2.45) is 0 Å². The van der Waals surface area contributed by atoms with Crippen LogP contribution in [0.2, 0.25) is 0 Å². The van der Waals surface area contributed by atoms with E-state index in [2.05, 4.69) is 0 Å². The Hall–Kier alpha value is -1.03. The van der Waals surface area contributed by atoms with Crippen LogP contribution in [0.15, 0.2) is 40.6 Å². The van der Waals surface area contributed by atoms with Crippen molar-refractivity contribution in [2.45, 2.75) is 4.90 Å². The average Bonchev–Trinajstić information content (AvgIpc) is 3.05. The molecule has 0 saturated carbocycles. The molecular formula is C14H16BNO4S2. The number of ether oxygens (including phenoxy) is 1. The van der Waals surface area contributed by atoms with Crippen LogP contribution in [0.1, 0.15) is 0 Å². The Bertz CT molecular complexity index is 670. The lowest BCUT2D eigenvalue weighted by Crippen LogP contribution is -2.37. The third kappa shape index (κ3) is 3.48. The topological polar surface area (TPSA) is 70.0 Å². The molecule has 1 unspecified atom stereocenters. The van der Waals surface area contributed by atoms with Crippen molar-refractivity contribution < 1.29 is 19.0 Å². The molecule has 1 aromatic carbocycles. The minimum absolute atomic E-state index is 0.495. The Morgan fingerprint density at radius 2 is 1.95 bits per heavy atom. The molecule has 0 spiro atoms. The summed E-state index contributed by atoms with van der Waals surface area (Å²) in [6, 6.07) is 9.28. The highest BCUT2D eigenvalue weighted by Crippen LogP contribution is 2.24. The van der Waals surface area contributed by atoms with E-state index in [-0.39, 0.29) is 0 Å². The maximum Gasteiger partial charge on any atom is 0.499 e. The molecule has 0 radical (unpaired) electrons. The SMILES string of the molecule is O=S(c1cccc(-c2csc(B(O)O)c2)c1)N1CCOCC1. The smallest absolute Gasteiger partial charge is 0.423 e. The van der Waals surface area contributed by atoms with Gasteiger partial charge in [0.15, 0.2) is 0 Å². The highest BCUT2D eigenvalue weighted by molar-refractivity contribution is 7.82. The highest BCUT2D eigenvalue weighted by Gasteiger charge is 2.19. The summed E-state index contributed by atoms with van der Waals surface area (Å²) in [4.78, 5) is 0.747. The fraction of sp³-hybridized carbons (Fsp3) is 0.286. The molecule has 1 saturated heterocycles. The molecule has 0 amide bonds. The van der Waals surface area contributed by atoms with E-state index in [1.54, 1.807) is 6.07 Å². The van der Waals surface area contributed by atoms with E-state index in [9.17, 15) is 14.3 Å². The largest absolute Gasteiger partial charge is 0.499 e. The fourth-order valence-electron chi connectivity index (χ4n) is 2.29. The van der Waals surface area contributed by atoms with Gasteiger partial charge in [0.1, 0.15) is 11.0 Å². The van der Waals surface area contributed by atoms with Crippen molar-refractivity contribution in [3.8, 4) is 11.1 Å². The Morgan fingerprint density at radius 3 is 2.64 bits per heavy atom. The van der Waals surface area contributed by atoms with Crippen molar-refractivity contribution in [2.75, 3.05) is 26.3 Å². The van der Waals surface area contributed by atoms with E-state index in [0.717, 1.165) is 16.0 Å². The van der Waals surface area contributed by atoms with Gasteiger partial charge in [-0.05, 0) is 34.7 Å². The van der Waals surface area contributed by atoms with E-state index in [1.807, 2.05) is 34.0 Å². The zero-order valence-corrected chi connectivity index (χ0v) is 13.5. The molecule has 1 atom stereocenters. The Labute approximate surface area is 135 Å². The van der Waals surface area contributed by atoms with Crippen LogP contribution >= 0.6 is 11.3 Å². The second kappa shape index (κ2) is 7.03. The third-order valence-electron chi connectivity index (χ3n) is 3.45. The van der Waals surface area contributed by atoms with Crippen molar-refractivity contribution in [1.29, 1.82) is 0 Å². The maximum absolute atomic E-state index is 12.6. The minimum atomic E-state index is -1.45. The molecule has 1 fully saturated rings. The summed E-state index contributed by atoms with van der Waals surface area (Å²) in [5.74, 6) is 0. The zero-order chi connectivity index (χ0) is 15.5. The summed E-state index contributed by atoms with van der Waals surface area (Å²) in [6.07, 6.45) is 0. The van der Waals surface area contributed by atoms with Gasteiger partial charge in [-0.15, -0.1) is 0 Å². The van der Waals surface area contributed by atoms with Crippen molar-refractivity contribution in [3.05, 3.63) is 35.7 Å². The van der Waals surface area contributed by atoms with Crippen LogP contribution in [-0.4, -0.2) is 52.0 Å². The van der Waals surface area contributed by atoms with Crippen LogP contribution in [0.25, 0.3) is 11.1 Å². The van der Waals surface area contributed by atoms with Gasteiger partial charge in [0, 0.05) is 17.9 Å². The van der Waals surface area contributed by atoms with Gasteiger partial charge in [-0.1, -0.05) is 12.1 Å². The normalized spacial score (nSPS) is 17.4. The van der Waals surface area contributed by atoms with Crippen LogP contribution in [-0.2, 0) is 15.7 Å². The molecule has 1 aliphatic rings. The van der Waals surface area contributed by atoms with Crippen LogP contribution in [0.4, 0.5) is 0 Å². The quantitative estimate of drug-likeness (QED) is 0.795. The van der Waals surface area contributed by atoms with Crippen LogP contribution in [0, 0.1) is 0 Å². The summed E-state index contributed by atoms with van der Waals surface area (Å²) < 4.78 is 20.3. The third-order valence-corrected chi connectivity index (χ3v) is 5.91. The number of benzene rings is 1. The molecule has 2 heterocycles. The molecule has 1 aromatic heterocycles. The van der Waals surface area contributed by atoms with Gasteiger partial charge < -0.3 is 14.8 Å². The first-order valence-electron chi connectivity index (χ1n) is 6.95. The first-order valence-corrected chi connectivity index (χ1v) is 8.93. The van der Waals surface area contributed by atoms with Gasteiger partial charge in [0.25, 0.3) is 0 Å². The fourth-order valence-corrected chi connectivity index (χ4v) is 4.27. The monoisotopic (exact) mass is 337 g/mol. The second-order valence-electron chi connectivity index (χ2n) is 4.93. The predicted molar refractivity (Wildman–Crippen MR) is 88.4 cm³/mol. The van der Waals surface area contributed by atoms with Crippen LogP contribution < -0.4 is 4.78 Å². The molecule has 3 rings (SSSR count). The second-order valence-corrected chi connectivity index (χ2v) is 7.36. The Kier molecular flexibility index (Phi) is 5.07. The first kappa shape index (κ1) is 15.9. The van der Waals surface area contributed by atoms with E-state index in [4.69, 9.17) is 4.74 Å². The molecule has 2 N–H and O–H groups in total. The predicted octanol–water partition coefficient (Wildman–Crippen LogP) is 0.450. The van der Waals surface area contributed by atoms with Gasteiger partial charge >= 0.3 is 7.12 Å². The molecule has 22 heavy (non-hydrogen) atoms. The highest BCUT2D eigenvalue weighted by atomic mass is 32.2. The summed E-state index contributed by atoms with van der Waals surface area (Å²) in [5, 5.41) is 20.3. The van der Waals surface area contributed by atoms with Crippen molar-refractivity contribution in [3.63, 3.8) is 0 Å². The van der Waals surface area contributed by atoms with Crippen LogP contribution in [0.5, 0.6) is 0 Å². The lowest BCUT2D eigenvalue weighted by molar-refractivity contribution is 0.0752. The van der Waals surface area contributed by atoms with Gasteiger partial charge in [0.05, 0.1) is 18.1 Å². The van der Waals surface area contributed by atoms with E-state index >= 15 is 0 Å². The number of hydrogen-bond acceptors (Lipinski definition) is 5. The van der Waals surface area contributed by atoms with Gasteiger partial charge in [0.2, 0.25) is 0 Å². The van der Waals surface area contributed by atoms with Crippen molar-refractivity contribution >= 4 is 34.2 Å². The zero-order valence-electron chi connectivity index (χ0n) is 11.8. The number of rotatable bonds is 4. The summed E-state index contributed by atoms with van der Waals surface area (Å²) in [5.41, 5.74) is 1.82. The molecule has 0 bridgehead atoms. The van der Waals surface area contributed by atoms with E-state index in [0.29, 0.717) is 31.1 Å². The summed E-state index contributed by atoms with van der Waals surface area (Å²) in [6.45, 7) is 2.54. The van der Waals surface area contributed by atoms with Crippen LogP contribution in [0.3, 0.4) is 0 Å². The number of morpholine rings is 1. The standard InChI is InChI=1S/C14H16BNO4S2/c17-15(18)14-9-12(10-21-14)11-2-1-3-13(8-11)22(19)16-4-6-20-7-5-16/h1-3,8-10,17-18H,4-7H2. The molecule has 0 aliphatic carbocycles. The molecular weight excluding hydrogens is 321 g/mol. The summed E-state index contributed by atoms with van der Waals surface area (Å²) >= 11 is 1.29. The van der Waals surface area contributed by atoms with Gasteiger partial charge in [-0.25, -0.2) is 8.51 Å². The molecule has 116 valence electrons. The van der Waals surface area contributed by atoms with E-state index in [1.165, 1.54) is 11.3 Å². The Balaban J connectivity index is 1.83. The van der Waals surface area contributed by atoms with E-state index < -0.39 is 18.1 Å². The molecule has 5 nitrogen and oxygen atoms in total. The first-order chi connectivity index (χ1) is 10.6. The maximum atomic E-state index is 12.6. The van der Waals surface area contributed by atoms with Crippen molar-refractivity contribution in [1.82, 2.24) is 4.31 Å². The minimum Gasteiger partial charge on any atom is -0.423 e. The van der Waals surface area contributed by atoms with Gasteiger partial charge in [-0.2, -0.15) is 11.3 Å². The lowest BCUT2D eigenvalue weighted by atomic mass is 9.88. The Morgan fingerprint density at radius 1 is 1.18 bits per heavy atom. The molecule has 1 aliphatic heterocycles. The number of nitrogens with zero attached hydrogens (tertiary/aromatic N) is 1. The lowest BCUT2D eigenvalue weighted by Gasteiger charge is -2.25. The summed E-state index contributed by atoms with van der Waals surface area (Å²) in [7, 11) is -2.65. The number of thiophene rings is 1. The molecule has 2 aromatic rings. The average molecular weight is 337 g/mol.